The maximum atomic E-state index is 5.96. The van der Waals surface area contributed by atoms with Gasteiger partial charge in [0.1, 0.15) is 0 Å². The summed E-state index contributed by atoms with van der Waals surface area (Å²) in [6.07, 6.45) is 7.73. The van der Waals surface area contributed by atoms with E-state index in [0.29, 0.717) is 16.9 Å². The largest absolute Gasteiger partial charge is 0.494 e. The highest BCUT2D eigenvalue weighted by Gasteiger charge is 2.30. The normalized spacial score (nSPS) is 26.7. The van der Waals surface area contributed by atoms with Gasteiger partial charge in [0.2, 0.25) is 0 Å². The maximum Gasteiger partial charge on any atom is 0.171 e. The first-order valence-corrected chi connectivity index (χ1v) is 6.78. The van der Waals surface area contributed by atoms with Gasteiger partial charge in [0, 0.05) is 12.2 Å². The molecule has 1 aromatic heterocycles. The van der Waals surface area contributed by atoms with Crippen LogP contribution in [0.15, 0.2) is 18.3 Å². The molecule has 3 nitrogen and oxygen atoms in total. The Labute approximate surface area is 112 Å². The molecule has 1 aliphatic carbocycles. The fraction of sp³-hybridized carbons (Fsp3) is 0.500. The third kappa shape index (κ3) is 2.13. The van der Waals surface area contributed by atoms with Crippen LogP contribution in [0.25, 0.3) is 5.57 Å². The van der Waals surface area contributed by atoms with Crippen molar-refractivity contribution in [3.63, 3.8) is 0 Å². The van der Waals surface area contributed by atoms with Crippen LogP contribution in [0.4, 0.5) is 0 Å². The molecule has 0 radical (unpaired) electrons. The van der Waals surface area contributed by atoms with Crippen LogP contribution in [0, 0.1) is 5.92 Å². The van der Waals surface area contributed by atoms with Gasteiger partial charge < -0.3 is 10.1 Å². The van der Waals surface area contributed by atoms with Crippen LogP contribution in [0.1, 0.15) is 24.8 Å². The third-order valence-electron chi connectivity index (χ3n) is 4.00. The number of halogens is 1. The molecule has 0 amide bonds. The van der Waals surface area contributed by atoms with Crippen molar-refractivity contribution in [3.05, 3.63) is 29.1 Å². The molecule has 3 rings (SSSR count). The quantitative estimate of drug-likeness (QED) is 0.834. The molecule has 1 N–H and O–H groups in total. The van der Waals surface area contributed by atoms with Crippen LogP contribution in [-0.4, -0.2) is 24.7 Å². The number of hydrogen-bond donors (Lipinski definition) is 1. The fourth-order valence-electron chi connectivity index (χ4n) is 2.94. The monoisotopic (exact) mass is 264 g/mol. The molecule has 18 heavy (non-hydrogen) atoms. The summed E-state index contributed by atoms with van der Waals surface area (Å²) in [5.74, 6) is 1.47. The van der Waals surface area contributed by atoms with Gasteiger partial charge in [0.05, 0.1) is 7.11 Å². The number of allylic oxidation sites excluding steroid dienone is 1. The average Bonchev–Trinajstić information content (AvgIpc) is 2.86. The summed E-state index contributed by atoms with van der Waals surface area (Å²) in [6.45, 7) is 1.15. The van der Waals surface area contributed by atoms with E-state index in [-0.39, 0.29) is 0 Å². The highest BCUT2D eigenvalue weighted by atomic mass is 35.5. The van der Waals surface area contributed by atoms with E-state index in [0.717, 1.165) is 30.9 Å². The Balaban J connectivity index is 1.86. The molecule has 96 valence electrons. The molecule has 0 aromatic carbocycles. The van der Waals surface area contributed by atoms with Gasteiger partial charge in [-0.3, -0.25) is 0 Å². The number of nitrogens with zero attached hydrogens (tertiary/aromatic N) is 1. The minimum Gasteiger partial charge on any atom is -0.494 e. The summed E-state index contributed by atoms with van der Waals surface area (Å²) in [5.41, 5.74) is 2.48. The van der Waals surface area contributed by atoms with E-state index in [1.165, 1.54) is 12.0 Å². The van der Waals surface area contributed by atoms with Crippen LogP contribution in [0.5, 0.6) is 5.75 Å². The highest BCUT2D eigenvalue weighted by molar-refractivity contribution is 6.30. The number of ether oxygens (including phenoxy) is 1. The smallest absolute Gasteiger partial charge is 0.171 e. The van der Waals surface area contributed by atoms with E-state index in [2.05, 4.69) is 16.4 Å². The Morgan fingerprint density at radius 3 is 3.22 bits per heavy atom. The third-order valence-corrected chi connectivity index (χ3v) is 4.28. The summed E-state index contributed by atoms with van der Waals surface area (Å²) in [6, 6.07) is 2.61. The number of fused-ring (bicyclic) bond motifs is 1. The first-order chi connectivity index (χ1) is 8.78. The second-order valence-electron chi connectivity index (χ2n) is 5.00. The molecule has 0 saturated carbocycles. The lowest BCUT2D eigenvalue weighted by atomic mass is 9.84. The van der Waals surface area contributed by atoms with Crippen LogP contribution in [0.2, 0.25) is 5.15 Å². The SMILES string of the molecule is COc1cc(C2=CC[C@H]3CCN[C@H]3C2)cnc1Cl. The predicted octanol–water partition coefficient (Wildman–Crippen LogP) is 2.90. The fourth-order valence-corrected chi connectivity index (χ4v) is 3.12. The summed E-state index contributed by atoms with van der Waals surface area (Å²) in [4.78, 5) is 4.19. The molecule has 0 unspecified atom stereocenters. The van der Waals surface area contributed by atoms with E-state index in [9.17, 15) is 0 Å². The average molecular weight is 265 g/mol. The summed E-state index contributed by atoms with van der Waals surface area (Å²) >= 11 is 5.96. The molecular weight excluding hydrogens is 248 g/mol. The minimum atomic E-state index is 0.425. The Morgan fingerprint density at radius 1 is 1.50 bits per heavy atom. The second-order valence-corrected chi connectivity index (χ2v) is 5.35. The van der Waals surface area contributed by atoms with Gasteiger partial charge in [-0.2, -0.15) is 0 Å². The van der Waals surface area contributed by atoms with E-state index < -0.39 is 0 Å². The van der Waals surface area contributed by atoms with Gasteiger partial charge in [-0.25, -0.2) is 4.98 Å². The van der Waals surface area contributed by atoms with Crippen molar-refractivity contribution in [2.24, 2.45) is 5.92 Å². The minimum absolute atomic E-state index is 0.425. The molecule has 0 spiro atoms. The summed E-state index contributed by atoms with van der Waals surface area (Å²) in [7, 11) is 1.62. The second kappa shape index (κ2) is 4.90. The molecular formula is C14H17ClN2O. The molecule has 1 aliphatic heterocycles. The van der Waals surface area contributed by atoms with Crippen molar-refractivity contribution in [2.75, 3.05) is 13.7 Å². The van der Waals surface area contributed by atoms with Gasteiger partial charge in [-0.1, -0.05) is 17.7 Å². The number of rotatable bonds is 2. The van der Waals surface area contributed by atoms with Crippen molar-refractivity contribution in [1.29, 1.82) is 0 Å². The standard InChI is InChI=1S/C14H17ClN2O/c1-18-13-7-11(8-17-14(13)15)10-3-2-9-4-5-16-12(9)6-10/h3,7-9,12,16H,2,4-6H2,1H3/t9-,12-/m0/s1. The lowest BCUT2D eigenvalue weighted by Crippen LogP contribution is -2.29. The predicted molar refractivity (Wildman–Crippen MR) is 72.9 cm³/mol. The van der Waals surface area contributed by atoms with Crippen molar-refractivity contribution in [3.8, 4) is 5.75 Å². The van der Waals surface area contributed by atoms with Crippen molar-refractivity contribution < 1.29 is 4.74 Å². The van der Waals surface area contributed by atoms with Gasteiger partial charge in [-0.05, 0) is 48.9 Å². The Hall–Kier alpha value is -1.06. The molecule has 2 aliphatic rings. The van der Waals surface area contributed by atoms with E-state index in [1.807, 2.05) is 12.3 Å². The Morgan fingerprint density at radius 2 is 2.39 bits per heavy atom. The van der Waals surface area contributed by atoms with Gasteiger partial charge in [0.15, 0.2) is 10.9 Å². The van der Waals surface area contributed by atoms with Crippen molar-refractivity contribution in [2.45, 2.75) is 25.3 Å². The Bertz CT molecular complexity index is 487. The molecule has 1 saturated heterocycles. The lowest BCUT2D eigenvalue weighted by molar-refractivity contribution is 0.412. The van der Waals surface area contributed by atoms with Crippen LogP contribution in [-0.2, 0) is 0 Å². The molecule has 4 heteroatoms. The highest BCUT2D eigenvalue weighted by Crippen LogP contribution is 2.36. The number of nitrogens with one attached hydrogen (secondary N) is 1. The first kappa shape index (κ1) is 12.0. The molecule has 0 bridgehead atoms. The Kier molecular flexibility index (Phi) is 3.27. The first-order valence-electron chi connectivity index (χ1n) is 6.40. The molecule has 2 heterocycles. The topological polar surface area (TPSA) is 34.1 Å². The summed E-state index contributed by atoms with van der Waals surface area (Å²) < 4.78 is 5.23. The van der Waals surface area contributed by atoms with Crippen molar-refractivity contribution in [1.82, 2.24) is 10.3 Å². The maximum absolute atomic E-state index is 5.96. The van der Waals surface area contributed by atoms with Crippen molar-refractivity contribution >= 4 is 17.2 Å². The number of pyridine rings is 1. The zero-order valence-electron chi connectivity index (χ0n) is 10.4. The number of hydrogen-bond acceptors (Lipinski definition) is 3. The van der Waals surface area contributed by atoms with E-state index >= 15 is 0 Å². The molecule has 1 aromatic rings. The molecule has 2 atom stereocenters. The summed E-state index contributed by atoms with van der Waals surface area (Å²) in [5, 5.41) is 4.01. The van der Waals surface area contributed by atoms with E-state index in [4.69, 9.17) is 16.3 Å². The zero-order valence-corrected chi connectivity index (χ0v) is 11.2. The zero-order chi connectivity index (χ0) is 12.5. The van der Waals surface area contributed by atoms with Gasteiger partial charge >= 0.3 is 0 Å². The van der Waals surface area contributed by atoms with Crippen LogP contribution in [0.3, 0.4) is 0 Å². The van der Waals surface area contributed by atoms with Gasteiger partial charge in [-0.15, -0.1) is 0 Å². The number of aromatic nitrogens is 1. The molecule has 1 fully saturated rings. The van der Waals surface area contributed by atoms with Crippen LogP contribution < -0.4 is 10.1 Å². The van der Waals surface area contributed by atoms with Crippen LogP contribution >= 0.6 is 11.6 Å². The number of methoxy groups -OCH3 is 1. The van der Waals surface area contributed by atoms with Gasteiger partial charge in [0.25, 0.3) is 0 Å². The lowest BCUT2D eigenvalue weighted by Gasteiger charge is -2.25. The van der Waals surface area contributed by atoms with E-state index in [1.54, 1.807) is 7.11 Å².